The molecule has 0 spiro atoms. The Kier molecular flexibility index (Phi) is 47.1. The van der Waals surface area contributed by atoms with Gasteiger partial charge in [-0.1, -0.05) is 224 Å². The zero-order chi connectivity index (χ0) is 50.1. The van der Waals surface area contributed by atoms with E-state index < -0.39 is 26.6 Å². The fourth-order valence-corrected chi connectivity index (χ4v) is 8.78. The quantitative estimate of drug-likeness (QED) is 0.0212. The Morgan fingerprint density at radius 2 is 0.897 bits per heavy atom. The number of carbonyl (C=O) groups excluding carboxylic acids is 2. The predicted octanol–water partition coefficient (Wildman–Crippen LogP) is 16.3. The SMILES string of the molecule is CCCCC/C=C\C/C=C\C/C=C\CCCCCCCCC(=O)OC(/C=C/CCCCCCCCCCCC)C(COP(=O)([O-])OCC[N+](C)(C)C)NC(=O)CCCCCCCCCCCCC. The summed E-state index contributed by atoms with van der Waals surface area (Å²) in [6, 6.07) is -0.889. The Balaban J connectivity index is 5.32. The van der Waals surface area contributed by atoms with Gasteiger partial charge in [-0.25, -0.2) is 0 Å². The molecule has 0 bridgehead atoms. The van der Waals surface area contributed by atoms with E-state index >= 15 is 0 Å². The van der Waals surface area contributed by atoms with Crippen molar-refractivity contribution in [3.05, 3.63) is 48.6 Å². The van der Waals surface area contributed by atoms with Crippen LogP contribution in [0.1, 0.15) is 258 Å². The number of phosphoric ester groups is 1. The van der Waals surface area contributed by atoms with Crippen molar-refractivity contribution in [1.29, 1.82) is 0 Å². The molecule has 0 aliphatic rings. The van der Waals surface area contributed by atoms with Crippen molar-refractivity contribution < 1.29 is 37.3 Å². The molecule has 0 aromatic heterocycles. The van der Waals surface area contributed by atoms with Crippen LogP contribution in [0.4, 0.5) is 0 Å². The average molecular weight is 977 g/mol. The Morgan fingerprint density at radius 3 is 1.37 bits per heavy atom. The minimum absolute atomic E-state index is 0.0239. The second-order valence-electron chi connectivity index (χ2n) is 20.4. The molecule has 3 atom stereocenters. The highest BCUT2D eigenvalue weighted by Gasteiger charge is 2.27. The first-order valence-corrected chi connectivity index (χ1v) is 29.9. The molecule has 10 heteroatoms. The topological polar surface area (TPSA) is 114 Å². The Labute approximate surface area is 420 Å². The van der Waals surface area contributed by atoms with Crippen LogP contribution in [0.2, 0.25) is 0 Å². The monoisotopic (exact) mass is 977 g/mol. The standard InChI is InChI=1S/C58H109N2O7P/c1-7-10-13-16-19-22-25-27-28-29-30-31-32-33-36-39-42-45-48-51-58(62)67-56(49-46-43-40-37-35-26-23-20-17-14-11-8-2)55(54-66-68(63,64)65-53-52-60(4,5)6)59-57(61)50-47-44-41-38-34-24-21-18-15-12-9-3/h19,22,27-28,30-31,46,49,55-56H,7-18,20-21,23-26,29,32-45,47-48,50-54H2,1-6H3,(H-,59,61,63,64)/b22-19-,28-27-,31-30-,49-46+. The van der Waals surface area contributed by atoms with E-state index in [1.807, 2.05) is 33.3 Å². The van der Waals surface area contributed by atoms with Gasteiger partial charge in [-0.15, -0.1) is 0 Å². The predicted molar refractivity (Wildman–Crippen MR) is 289 cm³/mol. The number of quaternary nitrogens is 1. The van der Waals surface area contributed by atoms with Crippen LogP contribution in [-0.4, -0.2) is 69.4 Å². The third-order valence-corrected chi connectivity index (χ3v) is 13.5. The summed E-state index contributed by atoms with van der Waals surface area (Å²) in [5.41, 5.74) is 0. The molecular formula is C58H109N2O7P. The van der Waals surface area contributed by atoms with Gasteiger partial charge in [0, 0.05) is 12.8 Å². The summed E-state index contributed by atoms with van der Waals surface area (Å²) < 4.78 is 30.2. The number of rotatable bonds is 51. The van der Waals surface area contributed by atoms with Crippen molar-refractivity contribution in [2.75, 3.05) is 40.9 Å². The van der Waals surface area contributed by atoms with Crippen molar-refractivity contribution in [2.45, 2.75) is 270 Å². The van der Waals surface area contributed by atoms with Crippen LogP contribution in [0.3, 0.4) is 0 Å². The number of hydrogen-bond donors (Lipinski definition) is 1. The maximum atomic E-state index is 13.4. The van der Waals surface area contributed by atoms with E-state index in [1.165, 1.54) is 141 Å². The third-order valence-electron chi connectivity index (χ3n) is 12.5. The molecule has 1 amide bonds. The molecular weight excluding hydrogens is 868 g/mol. The summed E-state index contributed by atoms with van der Waals surface area (Å²) in [5, 5.41) is 3.01. The van der Waals surface area contributed by atoms with Gasteiger partial charge in [-0.2, -0.15) is 0 Å². The molecule has 0 aromatic carbocycles. The van der Waals surface area contributed by atoms with Crippen molar-refractivity contribution in [1.82, 2.24) is 5.32 Å². The first-order chi connectivity index (χ1) is 32.9. The number of esters is 1. The number of phosphoric acid groups is 1. The number of likely N-dealkylation sites (N-methyl/N-ethyl adjacent to an activating group) is 1. The van der Waals surface area contributed by atoms with Crippen molar-refractivity contribution in [3.8, 4) is 0 Å². The van der Waals surface area contributed by atoms with E-state index in [-0.39, 0.29) is 24.9 Å². The Morgan fingerprint density at radius 1 is 0.515 bits per heavy atom. The summed E-state index contributed by atoms with van der Waals surface area (Å²) >= 11 is 0. The number of carbonyl (C=O) groups is 2. The van der Waals surface area contributed by atoms with E-state index in [4.69, 9.17) is 13.8 Å². The van der Waals surface area contributed by atoms with Crippen LogP contribution < -0.4 is 10.2 Å². The van der Waals surface area contributed by atoms with Gasteiger partial charge < -0.3 is 28.5 Å². The first kappa shape index (κ1) is 66.0. The summed E-state index contributed by atoms with van der Waals surface area (Å²) in [4.78, 5) is 39.8. The lowest BCUT2D eigenvalue weighted by molar-refractivity contribution is -0.870. The van der Waals surface area contributed by atoms with Crippen LogP contribution in [0.5, 0.6) is 0 Å². The van der Waals surface area contributed by atoms with Gasteiger partial charge in [-0.3, -0.25) is 14.2 Å². The van der Waals surface area contributed by atoms with Gasteiger partial charge >= 0.3 is 5.97 Å². The molecule has 0 saturated carbocycles. The van der Waals surface area contributed by atoms with E-state index in [9.17, 15) is 19.0 Å². The van der Waals surface area contributed by atoms with E-state index in [0.29, 0.717) is 17.4 Å². The lowest BCUT2D eigenvalue weighted by Gasteiger charge is -2.30. The van der Waals surface area contributed by atoms with Gasteiger partial charge in [-0.05, 0) is 70.3 Å². The number of allylic oxidation sites excluding steroid dienone is 7. The van der Waals surface area contributed by atoms with Gasteiger partial charge in [0.05, 0.1) is 33.8 Å². The van der Waals surface area contributed by atoms with Gasteiger partial charge in [0.2, 0.25) is 5.91 Å². The molecule has 3 unspecified atom stereocenters. The summed E-state index contributed by atoms with van der Waals surface area (Å²) in [6.45, 7) is 6.80. The maximum absolute atomic E-state index is 13.4. The van der Waals surface area contributed by atoms with Crippen LogP contribution in [-0.2, 0) is 27.9 Å². The lowest BCUT2D eigenvalue weighted by Crippen LogP contribution is -2.47. The minimum atomic E-state index is -4.69. The zero-order valence-corrected chi connectivity index (χ0v) is 46.2. The number of nitrogens with zero attached hydrogens (tertiary/aromatic N) is 1. The van der Waals surface area contributed by atoms with E-state index in [1.54, 1.807) is 0 Å². The second kappa shape index (κ2) is 48.6. The van der Waals surface area contributed by atoms with Gasteiger partial charge in [0.1, 0.15) is 19.3 Å². The molecule has 0 aliphatic carbocycles. The summed E-state index contributed by atoms with van der Waals surface area (Å²) in [6.07, 6.45) is 57.8. The van der Waals surface area contributed by atoms with Crippen LogP contribution in [0.25, 0.3) is 0 Å². The van der Waals surface area contributed by atoms with Crippen LogP contribution >= 0.6 is 7.82 Å². The maximum Gasteiger partial charge on any atom is 0.306 e. The number of ether oxygens (including phenoxy) is 1. The second-order valence-corrected chi connectivity index (χ2v) is 21.9. The molecule has 1 N–H and O–H groups in total. The number of nitrogens with one attached hydrogen (secondary N) is 1. The molecule has 0 aromatic rings. The number of hydrogen-bond acceptors (Lipinski definition) is 7. The molecule has 0 aliphatic heterocycles. The molecule has 68 heavy (non-hydrogen) atoms. The number of unbranched alkanes of at least 4 members (excludes halogenated alkanes) is 29. The Bertz CT molecular complexity index is 1310. The van der Waals surface area contributed by atoms with Crippen molar-refractivity contribution >= 4 is 19.7 Å². The highest BCUT2D eigenvalue weighted by atomic mass is 31.2. The van der Waals surface area contributed by atoms with Gasteiger partial charge in [0.15, 0.2) is 0 Å². The largest absolute Gasteiger partial charge is 0.756 e. The lowest BCUT2D eigenvalue weighted by atomic mass is 10.0. The van der Waals surface area contributed by atoms with Gasteiger partial charge in [0.25, 0.3) is 7.82 Å². The fraction of sp³-hybridized carbons (Fsp3) is 0.828. The van der Waals surface area contributed by atoms with Crippen molar-refractivity contribution in [2.24, 2.45) is 0 Å². The Hall–Kier alpha value is -2.03. The molecule has 0 saturated heterocycles. The minimum Gasteiger partial charge on any atom is -0.756 e. The number of amides is 1. The molecule has 9 nitrogen and oxygen atoms in total. The van der Waals surface area contributed by atoms with E-state index in [0.717, 1.165) is 83.5 Å². The molecule has 0 fully saturated rings. The summed E-state index contributed by atoms with van der Waals surface area (Å²) in [7, 11) is 1.18. The van der Waals surface area contributed by atoms with Crippen molar-refractivity contribution in [3.63, 3.8) is 0 Å². The van der Waals surface area contributed by atoms with Crippen LogP contribution in [0, 0.1) is 0 Å². The molecule has 0 heterocycles. The third kappa shape index (κ3) is 49.0. The highest BCUT2D eigenvalue weighted by molar-refractivity contribution is 7.45. The van der Waals surface area contributed by atoms with E-state index in [2.05, 4.69) is 62.5 Å². The van der Waals surface area contributed by atoms with Crippen LogP contribution in [0.15, 0.2) is 48.6 Å². The fourth-order valence-electron chi connectivity index (χ4n) is 8.06. The molecule has 398 valence electrons. The normalized spacial score (nSPS) is 14.2. The molecule has 0 radical (unpaired) electrons. The zero-order valence-electron chi connectivity index (χ0n) is 45.3. The molecule has 0 rings (SSSR count). The highest BCUT2D eigenvalue weighted by Crippen LogP contribution is 2.38. The smallest absolute Gasteiger partial charge is 0.306 e. The first-order valence-electron chi connectivity index (χ1n) is 28.4. The average Bonchev–Trinajstić information content (AvgIpc) is 3.29. The summed E-state index contributed by atoms with van der Waals surface area (Å²) in [5.74, 6) is -0.552.